The van der Waals surface area contributed by atoms with Crippen molar-refractivity contribution in [3.05, 3.63) is 18.0 Å². The number of aryl methyl sites for hydroxylation is 1. The number of aliphatic imine (C=N–C) groups is 1. The molecule has 1 aliphatic heterocycles. The summed E-state index contributed by atoms with van der Waals surface area (Å²) in [4.78, 5) is 4.60. The van der Waals surface area contributed by atoms with Crippen molar-refractivity contribution in [3.63, 3.8) is 0 Å². The fourth-order valence-corrected chi connectivity index (χ4v) is 3.17. The number of rotatable bonds is 3. The Hall–Kier alpha value is -0.970. The molecular weight excluding hydrogens is 232 g/mol. The van der Waals surface area contributed by atoms with Crippen LogP contribution < -0.4 is 5.32 Å². The largest absolute Gasteiger partial charge is 0.362 e. The Balaban J connectivity index is 1.83. The topological polar surface area (TPSA) is 42.2 Å². The molecule has 1 fully saturated rings. The maximum Gasteiger partial charge on any atom is 0.157 e. The zero-order valence-corrected chi connectivity index (χ0v) is 11.5. The molecule has 4 nitrogen and oxygen atoms in total. The first-order chi connectivity index (χ1) is 8.13. The van der Waals surface area contributed by atoms with Gasteiger partial charge in [0.1, 0.15) is 0 Å². The van der Waals surface area contributed by atoms with Gasteiger partial charge in [0.05, 0.1) is 19.3 Å². The van der Waals surface area contributed by atoms with E-state index in [0.717, 1.165) is 18.3 Å². The molecule has 2 rings (SSSR count). The minimum Gasteiger partial charge on any atom is -0.362 e. The third-order valence-corrected chi connectivity index (χ3v) is 3.78. The summed E-state index contributed by atoms with van der Waals surface area (Å²) in [6.45, 7) is 8.16. The van der Waals surface area contributed by atoms with E-state index in [-0.39, 0.29) is 0 Å². The van der Waals surface area contributed by atoms with E-state index in [1.807, 2.05) is 28.8 Å². The first kappa shape index (κ1) is 12.5. The van der Waals surface area contributed by atoms with E-state index in [9.17, 15) is 0 Å². The van der Waals surface area contributed by atoms with Crippen LogP contribution in [0.15, 0.2) is 17.4 Å². The smallest absolute Gasteiger partial charge is 0.157 e. The molecule has 1 aromatic rings. The van der Waals surface area contributed by atoms with E-state index in [1.54, 1.807) is 0 Å². The number of hydrogen-bond acceptors (Lipinski definition) is 3. The van der Waals surface area contributed by atoms with Gasteiger partial charge in [-0.25, -0.2) is 0 Å². The van der Waals surface area contributed by atoms with Gasteiger partial charge < -0.3 is 5.32 Å². The van der Waals surface area contributed by atoms with Crippen LogP contribution in [0.4, 0.5) is 0 Å². The lowest BCUT2D eigenvalue weighted by Crippen LogP contribution is -2.38. The minimum atomic E-state index is 0.539. The van der Waals surface area contributed by atoms with Crippen molar-refractivity contribution in [1.82, 2.24) is 15.1 Å². The molecule has 0 bridgehead atoms. The Morgan fingerprint density at radius 2 is 2.41 bits per heavy atom. The standard InChI is InChI=1S/C12H20N4S/c1-9-7-14-16(8-9)5-4-13-12-15-10(2)6-11(3)17-12/h7-8,10-11H,4-6H2,1-3H3,(H,13,15). The molecule has 1 saturated heterocycles. The predicted molar refractivity (Wildman–Crippen MR) is 73.5 cm³/mol. The molecule has 1 aromatic heterocycles. The van der Waals surface area contributed by atoms with E-state index < -0.39 is 0 Å². The maximum atomic E-state index is 4.60. The molecule has 0 amide bonds. The lowest BCUT2D eigenvalue weighted by molar-refractivity contribution is 0.591. The van der Waals surface area contributed by atoms with Crippen LogP contribution in [0.3, 0.4) is 0 Å². The van der Waals surface area contributed by atoms with E-state index in [4.69, 9.17) is 0 Å². The molecule has 94 valence electrons. The van der Waals surface area contributed by atoms with Crippen LogP contribution in [-0.4, -0.2) is 32.8 Å². The lowest BCUT2D eigenvalue weighted by Gasteiger charge is -2.26. The number of amidine groups is 1. The highest BCUT2D eigenvalue weighted by atomic mass is 32.2. The van der Waals surface area contributed by atoms with Gasteiger partial charge in [-0.05, 0) is 25.8 Å². The van der Waals surface area contributed by atoms with Crippen LogP contribution in [0.25, 0.3) is 0 Å². The van der Waals surface area contributed by atoms with Crippen molar-refractivity contribution in [2.75, 3.05) is 6.54 Å². The van der Waals surface area contributed by atoms with Gasteiger partial charge >= 0.3 is 0 Å². The Morgan fingerprint density at radius 3 is 3.06 bits per heavy atom. The van der Waals surface area contributed by atoms with Crippen molar-refractivity contribution >= 4 is 16.9 Å². The zero-order valence-electron chi connectivity index (χ0n) is 10.7. The SMILES string of the molecule is Cc1cnn(CCN=C2NC(C)CC(C)S2)c1. The number of nitrogens with zero attached hydrogens (tertiary/aromatic N) is 3. The van der Waals surface area contributed by atoms with Crippen LogP contribution in [0, 0.1) is 6.92 Å². The van der Waals surface area contributed by atoms with Crippen LogP contribution in [0.5, 0.6) is 0 Å². The molecule has 0 radical (unpaired) electrons. The monoisotopic (exact) mass is 252 g/mol. The summed E-state index contributed by atoms with van der Waals surface area (Å²) in [6, 6.07) is 0.539. The van der Waals surface area contributed by atoms with Gasteiger partial charge in [-0.15, -0.1) is 0 Å². The van der Waals surface area contributed by atoms with Crippen molar-refractivity contribution in [1.29, 1.82) is 0 Å². The second-order valence-electron chi connectivity index (χ2n) is 4.68. The summed E-state index contributed by atoms with van der Waals surface area (Å²) in [7, 11) is 0. The van der Waals surface area contributed by atoms with Crippen molar-refractivity contribution in [2.24, 2.45) is 4.99 Å². The Kier molecular flexibility index (Phi) is 4.10. The molecule has 2 unspecified atom stereocenters. The molecule has 1 aliphatic rings. The average molecular weight is 252 g/mol. The van der Waals surface area contributed by atoms with Gasteiger partial charge in [0.2, 0.25) is 0 Å². The lowest BCUT2D eigenvalue weighted by atomic mass is 10.2. The summed E-state index contributed by atoms with van der Waals surface area (Å²) < 4.78 is 1.94. The van der Waals surface area contributed by atoms with Gasteiger partial charge in [-0.1, -0.05) is 18.7 Å². The Labute approximate surface area is 107 Å². The Morgan fingerprint density at radius 1 is 1.59 bits per heavy atom. The van der Waals surface area contributed by atoms with Gasteiger partial charge in [0, 0.05) is 17.5 Å². The summed E-state index contributed by atoms with van der Waals surface area (Å²) in [5.41, 5.74) is 1.20. The van der Waals surface area contributed by atoms with Crippen molar-refractivity contribution in [3.8, 4) is 0 Å². The summed E-state index contributed by atoms with van der Waals surface area (Å²) in [6.07, 6.45) is 5.14. The van der Waals surface area contributed by atoms with Gasteiger partial charge in [0.25, 0.3) is 0 Å². The van der Waals surface area contributed by atoms with Crippen LogP contribution in [0.2, 0.25) is 0 Å². The van der Waals surface area contributed by atoms with E-state index in [2.05, 4.69) is 36.2 Å². The van der Waals surface area contributed by atoms with E-state index in [0.29, 0.717) is 11.3 Å². The van der Waals surface area contributed by atoms with Gasteiger partial charge in [-0.2, -0.15) is 5.10 Å². The fraction of sp³-hybridized carbons (Fsp3) is 0.667. The normalized spacial score (nSPS) is 27.1. The maximum absolute atomic E-state index is 4.60. The summed E-state index contributed by atoms with van der Waals surface area (Å²) in [5.74, 6) is 0. The summed E-state index contributed by atoms with van der Waals surface area (Å²) >= 11 is 1.84. The second-order valence-corrected chi connectivity index (χ2v) is 6.10. The van der Waals surface area contributed by atoms with Crippen LogP contribution >= 0.6 is 11.8 Å². The number of aromatic nitrogens is 2. The third-order valence-electron chi connectivity index (χ3n) is 2.72. The first-order valence-corrected chi connectivity index (χ1v) is 6.98. The molecule has 0 saturated carbocycles. The highest BCUT2D eigenvalue weighted by Gasteiger charge is 2.19. The molecule has 5 heteroatoms. The van der Waals surface area contributed by atoms with Crippen LogP contribution in [0.1, 0.15) is 25.8 Å². The molecule has 2 heterocycles. The molecule has 0 spiro atoms. The predicted octanol–water partition coefficient (Wildman–Crippen LogP) is 2.05. The summed E-state index contributed by atoms with van der Waals surface area (Å²) in [5, 5.41) is 9.42. The first-order valence-electron chi connectivity index (χ1n) is 6.10. The quantitative estimate of drug-likeness (QED) is 0.895. The molecule has 1 N–H and O–H groups in total. The molecular formula is C12H20N4S. The fourth-order valence-electron chi connectivity index (χ4n) is 1.97. The number of hydrogen-bond donors (Lipinski definition) is 1. The minimum absolute atomic E-state index is 0.539. The molecule has 0 aliphatic carbocycles. The van der Waals surface area contributed by atoms with E-state index >= 15 is 0 Å². The zero-order chi connectivity index (χ0) is 12.3. The number of nitrogens with one attached hydrogen (secondary N) is 1. The highest BCUT2D eigenvalue weighted by Crippen LogP contribution is 2.22. The van der Waals surface area contributed by atoms with Crippen molar-refractivity contribution in [2.45, 2.75) is 45.0 Å². The second kappa shape index (κ2) is 5.58. The molecule has 2 atom stereocenters. The third kappa shape index (κ3) is 3.77. The number of thioether (sulfide) groups is 1. The van der Waals surface area contributed by atoms with Gasteiger partial charge in [-0.3, -0.25) is 9.67 Å². The molecule has 17 heavy (non-hydrogen) atoms. The van der Waals surface area contributed by atoms with Crippen LogP contribution in [-0.2, 0) is 6.54 Å². The van der Waals surface area contributed by atoms with Crippen molar-refractivity contribution < 1.29 is 0 Å². The molecule has 0 aromatic carbocycles. The Bertz CT molecular complexity index is 387. The average Bonchev–Trinajstić information content (AvgIpc) is 2.63. The highest BCUT2D eigenvalue weighted by molar-refractivity contribution is 8.14. The van der Waals surface area contributed by atoms with E-state index in [1.165, 1.54) is 12.0 Å². The van der Waals surface area contributed by atoms with Gasteiger partial charge in [0.15, 0.2) is 5.17 Å².